The molecule has 98 valence electrons. The monoisotopic (exact) mass is 288 g/mol. The van der Waals surface area contributed by atoms with Crippen LogP contribution >= 0.6 is 23.2 Å². The van der Waals surface area contributed by atoms with E-state index in [0.717, 1.165) is 19.4 Å². The molecule has 0 aromatic heterocycles. The summed E-state index contributed by atoms with van der Waals surface area (Å²) >= 11 is 11.6. The van der Waals surface area contributed by atoms with Gasteiger partial charge < -0.3 is 15.7 Å². The summed E-state index contributed by atoms with van der Waals surface area (Å²) in [5.41, 5.74) is -0.0839. The van der Waals surface area contributed by atoms with E-state index in [1.807, 2.05) is 6.92 Å². The van der Waals surface area contributed by atoms with Crippen LogP contribution < -0.4 is 10.6 Å². The van der Waals surface area contributed by atoms with Gasteiger partial charge in [-0.25, -0.2) is 0 Å². The molecule has 0 bridgehead atoms. The van der Waals surface area contributed by atoms with Gasteiger partial charge in [0, 0.05) is 5.69 Å². The summed E-state index contributed by atoms with van der Waals surface area (Å²) in [4.78, 5) is 12.1. The van der Waals surface area contributed by atoms with Crippen LogP contribution in [0.25, 0.3) is 0 Å². The molecule has 1 unspecified atom stereocenters. The number of nitrogens with one attached hydrogen (secondary N) is 2. The van der Waals surface area contributed by atoms with Gasteiger partial charge in [-0.1, -0.05) is 23.2 Å². The Hall–Kier alpha value is -0.970. The fraction of sp³-hybridized carbons (Fsp3) is 0.417. The number of carbonyl (C=O) groups is 1. The van der Waals surface area contributed by atoms with Crippen molar-refractivity contribution >= 4 is 34.8 Å². The number of halogens is 2. The number of phenols is 1. The average molecular weight is 289 g/mol. The van der Waals surface area contributed by atoms with Crippen molar-refractivity contribution in [3.63, 3.8) is 0 Å². The van der Waals surface area contributed by atoms with E-state index in [2.05, 4.69) is 10.6 Å². The van der Waals surface area contributed by atoms with E-state index < -0.39 is 5.54 Å². The first-order valence-electron chi connectivity index (χ1n) is 5.67. The molecule has 1 aromatic rings. The zero-order chi connectivity index (χ0) is 13.3. The lowest BCUT2D eigenvalue weighted by Crippen LogP contribution is -2.47. The SMILES string of the molecule is CC1(C(=O)Nc2cc(Cl)c(O)c(Cl)c2)CCCN1. The van der Waals surface area contributed by atoms with Crippen molar-refractivity contribution in [2.75, 3.05) is 11.9 Å². The maximum absolute atomic E-state index is 12.1. The Labute approximate surface area is 115 Å². The number of benzene rings is 1. The molecule has 3 N–H and O–H groups in total. The van der Waals surface area contributed by atoms with Gasteiger partial charge in [0.05, 0.1) is 15.6 Å². The third-order valence-corrected chi connectivity index (χ3v) is 3.72. The summed E-state index contributed by atoms with van der Waals surface area (Å²) in [7, 11) is 0. The highest BCUT2D eigenvalue weighted by Gasteiger charge is 2.35. The molecule has 0 spiro atoms. The molecule has 1 saturated heterocycles. The molecule has 4 nitrogen and oxygen atoms in total. The molecule has 18 heavy (non-hydrogen) atoms. The fourth-order valence-electron chi connectivity index (χ4n) is 2.00. The van der Waals surface area contributed by atoms with Crippen LogP contribution in [-0.4, -0.2) is 23.1 Å². The lowest BCUT2D eigenvalue weighted by atomic mass is 9.99. The normalized spacial score (nSPS) is 23.1. The Kier molecular flexibility index (Phi) is 3.71. The van der Waals surface area contributed by atoms with Crippen molar-refractivity contribution < 1.29 is 9.90 Å². The molecule has 6 heteroatoms. The number of carbonyl (C=O) groups excluding carboxylic acids is 1. The minimum Gasteiger partial charge on any atom is -0.505 e. The molecule has 1 amide bonds. The van der Waals surface area contributed by atoms with Crippen LogP contribution in [0.4, 0.5) is 5.69 Å². The zero-order valence-corrected chi connectivity index (χ0v) is 11.4. The van der Waals surface area contributed by atoms with Gasteiger partial charge in [-0.15, -0.1) is 0 Å². The standard InChI is InChI=1S/C12H14Cl2N2O2/c1-12(3-2-4-15-12)11(18)16-7-5-8(13)10(17)9(14)6-7/h5-6,15,17H,2-4H2,1H3,(H,16,18). The summed E-state index contributed by atoms with van der Waals surface area (Å²) in [6, 6.07) is 2.94. The summed E-state index contributed by atoms with van der Waals surface area (Å²) in [5.74, 6) is -0.306. The van der Waals surface area contributed by atoms with Gasteiger partial charge in [-0.3, -0.25) is 4.79 Å². The minimum absolute atomic E-state index is 0.113. The number of anilines is 1. The van der Waals surface area contributed by atoms with E-state index >= 15 is 0 Å². The molecule has 0 radical (unpaired) electrons. The number of phenolic OH excluding ortho intramolecular Hbond substituents is 1. The van der Waals surface area contributed by atoms with Crippen LogP contribution in [-0.2, 0) is 4.79 Å². The van der Waals surface area contributed by atoms with Crippen molar-refractivity contribution in [3.8, 4) is 5.75 Å². The van der Waals surface area contributed by atoms with Gasteiger partial charge >= 0.3 is 0 Å². The lowest BCUT2D eigenvalue weighted by Gasteiger charge is -2.23. The van der Waals surface area contributed by atoms with Gasteiger partial charge in [-0.2, -0.15) is 0 Å². The highest BCUT2D eigenvalue weighted by Crippen LogP contribution is 2.35. The number of amides is 1. The number of rotatable bonds is 2. The van der Waals surface area contributed by atoms with E-state index in [1.165, 1.54) is 12.1 Å². The van der Waals surface area contributed by atoms with Crippen molar-refractivity contribution in [1.29, 1.82) is 0 Å². The third-order valence-electron chi connectivity index (χ3n) is 3.14. The van der Waals surface area contributed by atoms with Gasteiger partial charge in [0.1, 0.15) is 0 Å². The van der Waals surface area contributed by atoms with Crippen LogP contribution in [0.3, 0.4) is 0 Å². The van der Waals surface area contributed by atoms with Crippen molar-refractivity contribution in [2.45, 2.75) is 25.3 Å². The van der Waals surface area contributed by atoms with Gasteiger partial charge in [0.25, 0.3) is 0 Å². The largest absolute Gasteiger partial charge is 0.505 e. The summed E-state index contributed by atoms with van der Waals surface area (Å²) in [6.07, 6.45) is 1.76. The van der Waals surface area contributed by atoms with E-state index in [1.54, 1.807) is 0 Å². The molecule has 1 aromatic carbocycles. The molecular formula is C12H14Cl2N2O2. The molecule has 1 fully saturated rings. The first-order chi connectivity index (χ1) is 8.42. The first-order valence-corrected chi connectivity index (χ1v) is 6.42. The summed E-state index contributed by atoms with van der Waals surface area (Å²) < 4.78 is 0. The van der Waals surface area contributed by atoms with E-state index in [4.69, 9.17) is 23.2 Å². The van der Waals surface area contributed by atoms with Crippen molar-refractivity contribution in [3.05, 3.63) is 22.2 Å². The van der Waals surface area contributed by atoms with Crippen LogP contribution in [0.5, 0.6) is 5.75 Å². The Balaban J connectivity index is 2.17. The Morgan fingerprint density at radius 2 is 2.06 bits per heavy atom. The predicted octanol–water partition coefficient (Wildman–Crippen LogP) is 2.78. The van der Waals surface area contributed by atoms with Gasteiger partial charge in [-0.05, 0) is 38.4 Å². The van der Waals surface area contributed by atoms with Gasteiger partial charge in [0.15, 0.2) is 5.75 Å². The average Bonchev–Trinajstić information content (AvgIpc) is 2.74. The minimum atomic E-state index is -0.559. The number of hydrogen-bond acceptors (Lipinski definition) is 3. The summed E-state index contributed by atoms with van der Waals surface area (Å²) in [6.45, 7) is 2.69. The van der Waals surface area contributed by atoms with E-state index in [0.29, 0.717) is 5.69 Å². The number of hydrogen-bond donors (Lipinski definition) is 3. The predicted molar refractivity (Wildman–Crippen MR) is 72.4 cm³/mol. The molecule has 2 rings (SSSR count). The Morgan fingerprint density at radius 1 is 1.44 bits per heavy atom. The first kappa shape index (κ1) is 13.5. The van der Waals surface area contributed by atoms with Crippen molar-refractivity contribution in [2.24, 2.45) is 0 Å². The molecule has 1 aliphatic heterocycles. The molecule has 0 saturated carbocycles. The van der Waals surface area contributed by atoms with Crippen LogP contribution in [0.2, 0.25) is 10.0 Å². The molecule has 0 aliphatic carbocycles. The van der Waals surface area contributed by atoms with Crippen LogP contribution in [0.1, 0.15) is 19.8 Å². The number of aromatic hydroxyl groups is 1. The second-order valence-electron chi connectivity index (χ2n) is 4.61. The second-order valence-corrected chi connectivity index (χ2v) is 5.42. The van der Waals surface area contributed by atoms with Crippen LogP contribution in [0.15, 0.2) is 12.1 Å². The zero-order valence-electron chi connectivity index (χ0n) is 9.89. The van der Waals surface area contributed by atoms with Gasteiger partial charge in [0.2, 0.25) is 5.91 Å². The van der Waals surface area contributed by atoms with E-state index in [-0.39, 0.29) is 21.7 Å². The van der Waals surface area contributed by atoms with Crippen LogP contribution in [0, 0.1) is 0 Å². The van der Waals surface area contributed by atoms with Crippen molar-refractivity contribution in [1.82, 2.24) is 5.32 Å². The second kappa shape index (κ2) is 4.96. The maximum Gasteiger partial charge on any atom is 0.244 e. The summed E-state index contributed by atoms with van der Waals surface area (Å²) in [5, 5.41) is 15.6. The third kappa shape index (κ3) is 2.55. The Bertz CT molecular complexity index is 462. The smallest absolute Gasteiger partial charge is 0.244 e. The highest BCUT2D eigenvalue weighted by molar-refractivity contribution is 6.37. The topological polar surface area (TPSA) is 61.4 Å². The quantitative estimate of drug-likeness (QED) is 0.734. The molecule has 1 atom stereocenters. The lowest BCUT2D eigenvalue weighted by molar-refractivity contribution is -0.121. The van der Waals surface area contributed by atoms with E-state index in [9.17, 15) is 9.90 Å². The fourth-order valence-corrected chi connectivity index (χ4v) is 2.48. The maximum atomic E-state index is 12.1. The molecular weight excluding hydrogens is 275 g/mol. The Morgan fingerprint density at radius 3 is 2.56 bits per heavy atom. The molecule has 1 aliphatic rings. The molecule has 1 heterocycles. The highest BCUT2D eigenvalue weighted by atomic mass is 35.5.